The van der Waals surface area contributed by atoms with Gasteiger partial charge in [0.1, 0.15) is 18.0 Å². The van der Waals surface area contributed by atoms with Crippen LogP contribution in [0.15, 0.2) is 18.2 Å². The minimum absolute atomic E-state index is 0.233. The first-order valence-electron chi connectivity index (χ1n) is 8.64. The summed E-state index contributed by atoms with van der Waals surface area (Å²) in [7, 11) is -4.18. The molecule has 1 atom stereocenters. The average molecular weight is 381 g/mol. The molecule has 2 aliphatic heterocycles. The van der Waals surface area contributed by atoms with Crippen LogP contribution in [0.5, 0.6) is 5.75 Å². The Kier molecular flexibility index (Phi) is 4.15. The third kappa shape index (κ3) is 3.28. The number of benzene rings is 1. The van der Waals surface area contributed by atoms with Crippen molar-refractivity contribution in [2.45, 2.75) is 31.7 Å². The summed E-state index contributed by atoms with van der Waals surface area (Å²) in [6.45, 7) is 0.00919. The number of amides is 1. The maximum atomic E-state index is 14.6. The van der Waals surface area contributed by atoms with Crippen molar-refractivity contribution in [1.82, 2.24) is 10.0 Å². The SMILES string of the molecule is O=C1CN(c2c(O)cc(C3=CC(CCC4CC4)NC3)cc2F)S(=O)(=O)N1. The highest BCUT2D eigenvalue weighted by Gasteiger charge is 2.37. The summed E-state index contributed by atoms with van der Waals surface area (Å²) >= 11 is 0. The van der Waals surface area contributed by atoms with E-state index in [4.69, 9.17) is 0 Å². The van der Waals surface area contributed by atoms with Crippen LogP contribution in [0.3, 0.4) is 0 Å². The molecule has 1 saturated heterocycles. The van der Waals surface area contributed by atoms with Gasteiger partial charge in [-0.25, -0.2) is 13.4 Å². The summed E-state index contributed by atoms with van der Waals surface area (Å²) in [6.07, 6.45) is 6.85. The van der Waals surface area contributed by atoms with Crippen LogP contribution in [0.25, 0.3) is 5.57 Å². The molecule has 1 aliphatic carbocycles. The van der Waals surface area contributed by atoms with Crippen molar-refractivity contribution in [3.05, 3.63) is 29.6 Å². The van der Waals surface area contributed by atoms with Crippen molar-refractivity contribution in [1.29, 1.82) is 0 Å². The lowest BCUT2D eigenvalue weighted by Crippen LogP contribution is -2.30. The zero-order valence-electron chi connectivity index (χ0n) is 14.0. The first-order chi connectivity index (χ1) is 12.3. The number of rotatable bonds is 5. The van der Waals surface area contributed by atoms with Crippen LogP contribution in [0, 0.1) is 11.7 Å². The summed E-state index contributed by atoms with van der Waals surface area (Å²) in [4.78, 5) is 11.3. The Morgan fingerprint density at radius 1 is 1.27 bits per heavy atom. The van der Waals surface area contributed by atoms with E-state index in [9.17, 15) is 22.7 Å². The number of aromatic hydroxyl groups is 1. The van der Waals surface area contributed by atoms with Crippen molar-refractivity contribution in [2.75, 3.05) is 17.4 Å². The molecule has 0 bridgehead atoms. The maximum absolute atomic E-state index is 14.6. The second-order valence-electron chi connectivity index (χ2n) is 7.06. The van der Waals surface area contributed by atoms with Crippen LogP contribution in [0.4, 0.5) is 10.1 Å². The molecule has 7 nitrogen and oxygen atoms in total. The van der Waals surface area contributed by atoms with Gasteiger partial charge in [0.2, 0.25) is 0 Å². The number of carbonyl (C=O) groups excluding carboxylic acids is 1. The molecule has 0 spiro atoms. The number of halogens is 1. The lowest BCUT2D eigenvalue weighted by atomic mass is 10.0. The van der Waals surface area contributed by atoms with Crippen LogP contribution in [0.1, 0.15) is 31.2 Å². The second kappa shape index (κ2) is 6.24. The Bertz CT molecular complexity index is 872. The lowest BCUT2D eigenvalue weighted by Gasteiger charge is -2.18. The summed E-state index contributed by atoms with van der Waals surface area (Å²) in [5, 5.41) is 13.6. The second-order valence-corrected chi connectivity index (χ2v) is 8.66. The molecule has 3 N–H and O–H groups in total. The van der Waals surface area contributed by atoms with E-state index in [1.54, 1.807) is 4.72 Å². The number of phenols is 1. The fourth-order valence-corrected chi connectivity index (χ4v) is 4.64. The normalized spacial score (nSPS) is 24.7. The molecule has 2 heterocycles. The molecule has 1 unspecified atom stereocenters. The predicted octanol–water partition coefficient (Wildman–Crippen LogP) is 1.26. The molecule has 4 rings (SSSR count). The zero-order chi connectivity index (χ0) is 18.5. The van der Waals surface area contributed by atoms with Crippen LogP contribution in [0.2, 0.25) is 0 Å². The van der Waals surface area contributed by atoms with Crippen LogP contribution in [-0.2, 0) is 15.0 Å². The molecule has 1 aromatic rings. The molecule has 1 saturated carbocycles. The van der Waals surface area contributed by atoms with E-state index >= 15 is 0 Å². The molecular weight excluding hydrogens is 361 g/mol. The standard InChI is InChI=1S/C17H20FN3O4S/c18-14-6-11(12-5-13(19-8-12)4-3-10-1-2-10)7-15(22)17(14)21-9-16(23)20-26(21,24)25/h5-7,10,13,19,22H,1-4,8-9H2,(H,20,23). The van der Waals surface area contributed by atoms with Crippen molar-refractivity contribution < 1.29 is 22.7 Å². The Hall–Kier alpha value is -2.13. The average Bonchev–Trinajstić information content (AvgIpc) is 3.19. The molecule has 0 radical (unpaired) electrons. The largest absolute Gasteiger partial charge is 0.506 e. The van der Waals surface area contributed by atoms with Gasteiger partial charge in [-0.3, -0.25) is 4.79 Å². The van der Waals surface area contributed by atoms with E-state index in [0.29, 0.717) is 16.4 Å². The fraction of sp³-hybridized carbons (Fsp3) is 0.471. The van der Waals surface area contributed by atoms with Crippen molar-refractivity contribution in [3.8, 4) is 5.75 Å². The van der Waals surface area contributed by atoms with Gasteiger partial charge in [0.15, 0.2) is 5.82 Å². The zero-order valence-corrected chi connectivity index (χ0v) is 14.9. The van der Waals surface area contributed by atoms with Gasteiger partial charge in [-0.1, -0.05) is 18.9 Å². The number of nitrogens with zero attached hydrogens (tertiary/aromatic N) is 1. The Morgan fingerprint density at radius 2 is 2.04 bits per heavy atom. The first kappa shape index (κ1) is 17.3. The highest BCUT2D eigenvalue weighted by Crippen LogP contribution is 2.38. The van der Waals surface area contributed by atoms with Crippen LogP contribution >= 0.6 is 0 Å². The van der Waals surface area contributed by atoms with Gasteiger partial charge in [-0.2, -0.15) is 8.42 Å². The van der Waals surface area contributed by atoms with Gasteiger partial charge in [0.05, 0.1) is 0 Å². The van der Waals surface area contributed by atoms with Gasteiger partial charge in [-0.05, 0) is 42.0 Å². The number of hydrogen-bond acceptors (Lipinski definition) is 5. The van der Waals surface area contributed by atoms with Gasteiger partial charge in [0.25, 0.3) is 5.91 Å². The number of anilines is 1. The van der Waals surface area contributed by atoms with Gasteiger partial charge < -0.3 is 10.4 Å². The topological polar surface area (TPSA) is 98.7 Å². The molecule has 2 fully saturated rings. The van der Waals surface area contributed by atoms with E-state index in [1.807, 2.05) is 6.08 Å². The Labute approximate surface area is 151 Å². The number of nitrogens with one attached hydrogen (secondary N) is 2. The fourth-order valence-electron chi connectivity index (χ4n) is 3.47. The van der Waals surface area contributed by atoms with Gasteiger partial charge >= 0.3 is 10.2 Å². The molecule has 0 aromatic heterocycles. The quantitative estimate of drug-likeness (QED) is 0.713. The van der Waals surface area contributed by atoms with Crippen molar-refractivity contribution in [2.24, 2.45) is 5.92 Å². The van der Waals surface area contributed by atoms with E-state index in [-0.39, 0.29) is 6.04 Å². The molecule has 9 heteroatoms. The highest BCUT2D eigenvalue weighted by molar-refractivity contribution is 7.92. The molecule has 1 aromatic carbocycles. The summed E-state index contributed by atoms with van der Waals surface area (Å²) in [5.41, 5.74) is 0.856. The third-order valence-electron chi connectivity index (χ3n) is 5.02. The summed E-state index contributed by atoms with van der Waals surface area (Å²) in [6, 6.07) is 2.77. The van der Waals surface area contributed by atoms with Gasteiger partial charge in [-0.15, -0.1) is 0 Å². The van der Waals surface area contributed by atoms with Gasteiger partial charge in [0, 0.05) is 12.6 Å². The van der Waals surface area contributed by atoms with Crippen molar-refractivity contribution in [3.63, 3.8) is 0 Å². The third-order valence-corrected chi connectivity index (χ3v) is 6.40. The summed E-state index contributed by atoms with van der Waals surface area (Å²) < 4.78 is 40.7. The number of hydrogen-bond donors (Lipinski definition) is 3. The van der Waals surface area contributed by atoms with Crippen LogP contribution in [-0.4, -0.2) is 38.6 Å². The highest BCUT2D eigenvalue weighted by atomic mass is 32.2. The van der Waals surface area contributed by atoms with E-state index in [0.717, 1.165) is 17.9 Å². The summed E-state index contributed by atoms with van der Waals surface area (Å²) in [5.74, 6) is -1.33. The number of phenolic OH excluding ortho intramolecular Hbond substituents is 1. The minimum atomic E-state index is -4.18. The smallest absolute Gasteiger partial charge is 0.326 e. The first-order valence-corrected chi connectivity index (χ1v) is 10.1. The molecule has 1 amide bonds. The molecule has 3 aliphatic rings. The predicted molar refractivity (Wildman–Crippen MR) is 94.2 cm³/mol. The Morgan fingerprint density at radius 3 is 2.65 bits per heavy atom. The maximum Gasteiger partial charge on any atom is 0.326 e. The minimum Gasteiger partial charge on any atom is -0.506 e. The Balaban J connectivity index is 1.58. The van der Waals surface area contributed by atoms with E-state index in [2.05, 4.69) is 5.32 Å². The lowest BCUT2D eigenvalue weighted by molar-refractivity contribution is -0.117. The van der Waals surface area contributed by atoms with Crippen molar-refractivity contribution >= 4 is 27.4 Å². The molecular formula is C17H20FN3O4S. The molecule has 140 valence electrons. The van der Waals surface area contributed by atoms with Crippen LogP contribution < -0.4 is 14.3 Å². The monoisotopic (exact) mass is 381 g/mol. The number of carbonyl (C=O) groups is 1. The molecule has 26 heavy (non-hydrogen) atoms. The van der Waals surface area contributed by atoms with E-state index in [1.165, 1.54) is 31.4 Å². The van der Waals surface area contributed by atoms with E-state index < -0.39 is 39.9 Å².